The average molecular weight is 312 g/mol. The first kappa shape index (κ1) is 14.3. The Labute approximate surface area is 133 Å². The van der Waals surface area contributed by atoms with Crippen LogP contribution in [0.15, 0.2) is 43.0 Å². The molecule has 1 amide bonds. The molecule has 2 aliphatic rings. The van der Waals surface area contributed by atoms with Crippen molar-refractivity contribution < 1.29 is 9.18 Å². The van der Waals surface area contributed by atoms with Gasteiger partial charge < -0.3 is 4.90 Å². The molecule has 2 aliphatic heterocycles. The monoisotopic (exact) mass is 312 g/mol. The van der Waals surface area contributed by atoms with Crippen molar-refractivity contribution in [3.63, 3.8) is 0 Å². The van der Waals surface area contributed by atoms with Crippen LogP contribution in [-0.2, 0) is 11.3 Å². The molecule has 2 atom stereocenters. The van der Waals surface area contributed by atoms with Crippen molar-refractivity contribution in [1.29, 1.82) is 0 Å². The molecule has 4 rings (SSSR count). The van der Waals surface area contributed by atoms with E-state index in [1.54, 1.807) is 29.4 Å². The number of hydrogen-bond donors (Lipinski definition) is 0. The molecule has 3 heterocycles. The van der Waals surface area contributed by atoms with E-state index in [1.807, 2.05) is 0 Å². The molecule has 1 aromatic heterocycles. The van der Waals surface area contributed by atoms with Gasteiger partial charge in [0.2, 0.25) is 5.91 Å². The fourth-order valence-electron chi connectivity index (χ4n) is 3.59. The maximum Gasteiger partial charge on any atom is 0.231 e. The minimum Gasteiger partial charge on any atom is -0.309 e. The predicted octanol–water partition coefficient (Wildman–Crippen LogP) is 1.71. The molecule has 23 heavy (non-hydrogen) atoms. The van der Waals surface area contributed by atoms with Gasteiger partial charge in [-0.25, -0.2) is 14.4 Å². The summed E-state index contributed by atoms with van der Waals surface area (Å²) in [6.07, 6.45) is 4.83. The second-order valence-corrected chi connectivity index (χ2v) is 6.23. The standard InChI is InChI=1S/C17H17FN4O/c18-14-3-1-12(2-4-14)7-21-8-13-9-22(17(23)16(13)10-21)15-5-19-11-20-6-15/h1-6,11,13,16H,7-10H2/t13-,16-/m1/s1. The second kappa shape index (κ2) is 5.70. The predicted molar refractivity (Wildman–Crippen MR) is 83.0 cm³/mol. The van der Waals surface area contributed by atoms with E-state index in [-0.39, 0.29) is 17.6 Å². The number of anilines is 1. The molecule has 2 aromatic rings. The number of aromatic nitrogens is 2. The molecule has 0 radical (unpaired) electrons. The fourth-order valence-corrected chi connectivity index (χ4v) is 3.59. The van der Waals surface area contributed by atoms with Gasteiger partial charge in [-0.2, -0.15) is 0 Å². The summed E-state index contributed by atoms with van der Waals surface area (Å²) in [4.78, 5) is 24.7. The van der Waals surface area contributed by atoms with Crippen molar-refractivity contribution in [2.75, 3.05) is 24.5 Å². The summed E-state index contributed by atoms with van der Waals surface area (Å²) in [5.41, 5.74) is 1.85. The van der Waals surface area contributed by atoms with Gasteiger partial charge in [-0.05, 0) is 17.7 Å². The highest BCUT2D eigenvalue weighted by Gasteiger charge is 2.46. The van der Waals surface area contributed by atoms with Crippen molar-refractivity contribution in [1.82, 2.24) is 14.9 Å². The number of carbonyl (C=O) groups is 1. The minimum atomic E-state index is -0.219. The molecule has 0 saturated carbocycles. The molecule has 6 heteroatoms. The van der Waals surface area contributed by atoms with Crippen LogP contribution in [0.1, 0.15) is 5.56 Å². The van der Waals surface area contributed by atoms with Crippen LogP contribution >= 0.6 is 0 Å². The number of halogens is 1. The maximum atomic E-state index is 13.0. The van der Waals surface area contributed by atoms with Crippen LogP contribution in [0.4, 0.5) is 10.1 Å². The van der Waals surface area contributed by atoms with E-state index in [1.165, 1.54) is 18.5 Å². The Hall–Kier alpha value is -2.34. The number of nitrogens with zero attached hydrogens (tertiary/aromatic N) is 4. The van der Waals surface area contributed by atoms with Gasteiger partial charge in [0, 0.05) is 32.1 Å². The van der Waals surface area contributed by atoms with E-state index in [0.29, 0.717) is 5.92 Å². The number of benzene rings is 1. The summed E-state index contributed by atoms with van der Waals surface area (Å²) in [6.45, 7) is 3.12. The van der Waals surface area contributed by atoms with Crippen LogP contribution in [0, 0.1) is 17.7 Å². The van der Waals surface area contributed by atoms with E-state index >= 15 is 0 Å². The maximum absolute atomic E-state index is 13.0. The zero-order valence-electron chi connectivity index (χ0n) is 12.6. The normalized spacial score (nSPS) is 24.2. The number of rotatable bonds is 3. The Morgan fingerprint density at radius 3 is 2.52 bits per heavy atom. The van der Waals surface area contributed by atoms with Crippen LogP contribution in [0.25, 0.3) is 0 Å². The molecular formula is C17H17FN4O. The molecular weight excluding hydrogens is 295 g/mol. The number of amides is 1. The number of carbonyl (C=O) groups excluding carboxylic acids is 1. The van der Waals surface area contributed by atoms with Crippen molar-refractivity contribution >= 4 is 11.6 Å². The molecule has 0 spiro atoms. The summed E-state index contributed by atoms with van der Waals surface area (Å²) < 4.78 is 13.0. The summed E-state index contributed by atoms with van der Waals surface area (Å²) in [5.74, 6) is 0.313. The molecule has 2 fully saturated rings. The lowest BCUT2D eigenvalue weighted by Gasteiger charge is -2.21. The van der Waals surface area contributed by atoms with Crippen molar-refractivity contribution in [3.05, 3.63) is 54.4 Å². The Morgan fingerprint density at radius 2 is 1.83 bits per heavy atom. The largest absolute Gasteiger partial charge is 0.309 e. The number of fused-ring (bicyclic) bond motifs is 1. The molecule has 1 aromatic carbocycles. The molecule has 0 N–H and O–H groups in total. The van der Waals surface area contributed by atoms with Crippen molar-refractivity contribution in [2.45, 2.75) is 6.54 Å². The van der Waals surface area contributed by atoms with Crippen LogP contribution in [-0.4, -0.2) is 40.4 Å². The summed E-state index contributed by atoms with van der Waals surface area (Å²) in [6, 6.07) is 6.57. The lowest BCUT2D eigenvalue weighted by molar-refractivity contribution is -0.120. The molecule has 2 saturated heterocycles. The molecule has 0 unspecified atom stereocenters. The molecule has 118 valence electrons. The van der Waals surface area contributed by atoms with Gasteiger partial charge in [0.25, 0.3) is 0 Å². The fraction of sp³-hybridized carbons (Fsp3) is 0.353. The number of likely N-dealkylation sites (tertiary alicyclic amines) is 1. The molecule has 0 bridgehead atoms. The van der Waals surface area contributed by atoms with Gasteiger partial charge in [-0.1, -0.05) is 12.1 Å². The second-order valence-electron chi connectivity index (χ2n) is 6.23. The van der Waals surface area contributed by atoms with Gasteiger partial charge in [-0.3, -0.25) is 9.69 Å². The Kier molecular flexibility index (Phi) is 3.53. The van der Waals surface area contributed by atoms with E-state index in [9.17, 15) is 9.18 Å². The smallest absolute Gasteiger partial charge is 0.231 e. The third kappa shape index (κ3) is 2.70. The zero-order valence-corrected chi connectivity index (χ0v) is 12.6. The minimum absolute atomic E-state index is 0.0376. The highest BCUT2D eigenvalue weighted by molar-refractivity contribution is 5.97. The van der Waals surface area contributed by atoms with Crippen LogP contribution in [0.2, 0.25) is 0 Å². The third-order valence-corrected chi connectivity index (χ3v) is 4.70. The zero-order chi connectivity index (χ0) is 15.8. The van der Waals surface area contributed by atoms with E-state index in [4.69, 9.17) is 0 Å². The third-order valence-electron chi connectivity index (χ3n) is 4.70. The summed E-state index contributed by atoms with van der Waals surface area (Å²) in [7, 11) is 0. The lowest BCUT2D eigenvalue weighted by atomic mass is 10.0. The highest BCUT2D eigenvalue weighted by atomic mass is 19.1. The van der Waals surface area contributed by atoms with E-state index in [0.717, 1.165) is 37.4 Å². The Bertz CT molecular complexity index is 706. The summed E-state index contributed by atoms with van der Waals surface area (Å²) >= 11 is 0. The van der Waals surface area contributed by atoms with Crippen LogP contribution in [0.5, 0.6) is 0 Å². The summed E-state index contributed by atoms with van der Waals surface area (Å²) in [5, 5.41) is 0. The van der Waals surface area contributed by atoms with Crippen molar-refractivity contribution in [3.8, 4) is 0 Å². The van der Waals surface area contributed by atoms with Gasteiger partial charge in [0.1, 0.15) is 12.1 Å². The average Bonchev–Trinajstić information content (AvgIpc) is 3.10. The van der Waals surface area contributed by atoms with E-state index < -0.39 is 0 Å². The Morgan fingerprint density at radius 1 is 1.09 bits per heavy atom. The van der Waals surface area contributed by atoms with Crippen LogP contribution < -0.4 is 4.90 Å². The molecule has 5 nitrogen and oxygen atoms in total. The van der Waals surface area contributed by atoms with Gasteiger partial charge in [0.05, 0.1) is 24.0 Å². The van der Waals surface area contributed by atoms with Crippen LogP contribution in [0.3, 0.4) is 0 Å². The lowest BCUT2D eigenvalue weighted by Crippen LogP contribution is -2.32. The number of hydrogen-bond acceptors (Lipinski definition) is 4. The quantitative estimate of drug-likeness (QED) is 0.866. The first-order chi connectivity index (χ1) is 11.2. The highest BCUT2D eigenvalue weighted by Crippen LogP contribution is 2.35. The topological polar surface area (TPSA) is 49.3 Å². The SMILES string of the molecule is O=C1[C@@H]2CN(Cc3ccc(F)cc3)C[C@@H]2CN1c1cncnc1. The van der Waals surface area contributed by atoms with Crippen molar-refractivity contribution in [2.24, 2.45) is 11.8 Å². The van der Waals surface area contributed by atoms with Gasteiger partial charge >= 0.3 is 0 Å². The Balaban J connectivity index is 1.43. The van der Waals surface area contributed by atoms with E-state index in [2.05, 4.69) is 14.9 Å². The van der Waals surface area contributed by atoms with Gasteiger partial charge in [0.15, 0.2) is 0 Å². The van der Waals surface area contributed by atoms with Gasteiger partial charge in [-0.15, -0.1) is 0 Å². The molecule has 0 aliphatic carbocycles. The first-order valence-electron chi connectivity index (χ1n) is 7.74. The first-order valence-corrected chi connectivity index (χ1v) is 7.74.